The molecule has 0 aromatic heterocycles. The van der Waals surface area contributed by atoms with E-state index in [0.717, 1.165) is 22.3 Å². The zero-order valence-corrected chi connectivity index (χ0v) is 30.6. The van der Waals surface area contributed by atoms with Crippen molar-refractivity contribution in [1.82, 2.24) is 0 Å². The molecule has 0 heterocycles. The third kappa shape index (κ3) is 9.98. The first-order chi connectivity index (χ1) is 25.2. The minimum atomic E-state index is -0.184. The summed E-state index contributed by atoms with van der Waals surface area (Å²) in [5.74, 6) is 3.27. The normalized spacial score (nSPS) is 12.1. The lowest BCUT2D eigenvalue weighted by Crippen LogP contribution is -2.23. The lowest BCUT2D eigenvalue weighted by molar-refractivity contribution is 0.158. The molecule has 4 rings (SSSR count). The van der Waals surface area contributed by atoms with Crippen molar-refractivity contribution >= 4 is 0 Å². The minimum Gasteiger partial charge on any atom is -0.504 e. The van der Waals surface area contributed by atoms with Gasteiger partial charge in [0.05, 0.1) is 42.7 Å². The Morgan fingerprint density at radius 3 is 1.21 bits per heavy atom. The van der Waals surface area contributed by atoms with Crippen LogP contribution in [0.2, 0.25) is 0 Å². The monoisotopic (exact) mass is 722 g/mol. The Hall–Kier alpha value is -5.20. The quantitative estimate of drug-likeness (QED) is 0.0787. The standard InChI is InChI=1S/C40H50O12/c1-45-35-18-27(19-36(46-2)39(35)49-5)23-51-33-16-25(9-11-31(33)43)14-29(8-7-13-41)30(22-42)15-26-10-12-32(44)34(17-26)52-24-28-20-37(47-3)40(50-6)38(21-28)48-4/h9-12,16-21,29-30,41-44H,7-8,13-15,22-24H2,1-6H3/t29-,30+/m0/s1. The summed E-state index contributed by atoms with van der Waals surface area (Å²) in [7, 11) is 9.22. The summed E-state index contributed by atoms with van der Waals surface area (Å²) in [5.41, 5.74) is 3.27. The van der Waals surface area contributed by atoms with Gasteiger partial charge in [-0.25, -0.2) is 0 Å². The smallest absolute Gasteiger partial charge is 0.203 e. The maximum Gasteiger partial charge on any atom is 0.203 e. The maximum absolute atomic E-state index is 10.6. The molecule has 0 spiro atoms. The number of hydrogen-bond acceptors (Lipinski definition) is 12. The van der Waals surface area contributed by atoms with Crippen LogP contribution in [0.5, 0.6) is 57.5 Å². The van der Waals surface area contributed by atoms with Crippen LogP contribution >= 0.6 is 0 Å². The topological polar surface area (TPSA) is 155 Å². The van der Waals surface area contributed by atoms with Crippen molar-refractivity contribution in [3.05, 3.63) is 82.9 Å². The van der Waals surface area contributed by atoms with Gasteiger partial charge >= 0.3 is 0 Å². The number of aliphatic hydroxyl groups excluding tert-OH is 2. The molecule has 4 aromatic rings. The van der Waals surface area contributed by atoms with E-state index in [-0.39, 0.29) is 49.8 Å². The van der Waals surface area contributed by atoms with Crippen molar-refractivity contribution < 1.29 is 58.3 Å². The molecule has 0 saturated heterocycles. The molecule has 52 heavy (non-hydrogen) atoms. The second kappa shape index (κ2) is 19.4. The fraction of sp³-hybridized carbons (Fsp3) is 0.400. The van der Waals surface area contributed by atoms with E-state index in [4.69, 9.17) is 37.9 Å². The Bertz CT molecular complexity index is 1690. The van der Waals surface area contributed by atoms with Gasteiger partial charge in [0.2, 0.25) is 11.5 Å². The van der Waals surface area contributed by atoms with Crippen LogP contribution in [0.25, 0.3) is 0 Å². The lowest BCUT2D eigenvalue weighted by Gasteiger charge is -2.26. The van der Waals surface area contributed by atoms with Crippen LogP contribution in [-0.2, 0) is 26.1 Å². The molecular formula is C40H50O12. The Kier molecular flexibility index (Phi) is 14.8. The molecular weight excluding hydrogens is 672 g/mol. The van der Waals surface area contributed by atoms with Gasteiger partial charge in [0.15, 0.2) is 46.0 Å². The summed E-state index contributed by atoms with van der Waals surface area (Å²) < 4.78 is 44.7. The molecule has 0 aliphatic rings. The van der Waals surface area contributed by atoms with Gasteiger partial charge in [-0.1, -0.05) is 12.1 Å². The summed E-state index contributed by atoms with van der Waals surface area (Å²) in [5, 5.41) is 41.6. The van der Waals surface area contributed by atoms with Crippen LogP contribution in [0.3, 0.4) is 0 Å². The summed E-state index contributed by atoms with van der Waals surface area (Å²) in [6.07, 6.45) is 2.28. The summed E-state index contributed by atoms with van der Waals surface area (Å²) in [6.45, 7) is 0.180. The molecule has 0 unspecified atom stereocenters. The number of aliphatic hydroxyl groups is 2. The number of methoxy groups -OCH3 is 6. The van der Waals surface area contributed by atoms with Crippen LogP contribution < -0.4 is 37.9 Å². The van der Waals surface area contributed by atoms with Crippen LogP contribution in [0.4, 0.5) is 0 Å². The molecule has 2 atom stereocenters. The van der Waals surface area contributed by atoms with Gasteiger partial charge in [0, 0.05) is 13.2 Å². The van der Waals surface area contributed by atoms with Crippen molar-refractivity contribution in [3.63, 3.8) is 0 Å². The predicted molar refractivity (Wildman–Crippen MR) is 195 cm³/mol. The van der Waals surface area contributed by atoms with Gasteiger partial charge < -0.3 is 58.3 Å². The van der Waals surface area contributed by atoms with E-state index in [2.05, 4.69) is 0 Å². The zero-order chi connectivity index (χ0) is 37.6. The molecule has 0 radical (unpaired) electrons. The van der Waals surface area contributed by atoms with E-state index >= 15 is 0 Å². The highest BCUT2D eigenvalue weighted by Crippen LogP contribution is 2.40. The molecule has 12 heteroatoms. The molecule has 282 valence electrons. The van der Waals surface area contributed by atoms with Gasteiger partial charge in [0.25, 0.3) is 0 Å². The molecule has 0 amide bonds. The van der Waals surface area contributed by atoms with Crippen LogP contribution in [-0.4, -0.2) is 76.3 Å². The highest BCUT2D eigenvalue weighted by atomic mass is 16.5. The molecule has 0 saturated carbocycles. The SMILES string of the molecule is COc1cc(COc2cc(C[C@H](CO)[C@@H](CCCO)Cc3ccc(O)c(OCc4cc(OC)c(OC)c(OC)c4)c3)ccc2O)cc(OC)c1OC. The van der Waals surface area contributed by atoms with Crippen molar-refractivity contribution in [1.29, 1.82) is 0 Å². The highest BCUT2D eigenvalue weighted by molar-refractivity contribution is 5.55. The summed E-state index contributed by atoms with van der Waals surface area (Å²) in [6, 6.07) is 17.5. The van der Waals surface area contributed by atoms with E-state index in [0.29, 0.717) is 71.7 Å². The number of ether oxygens (including phenoxy) is 8. The predicted octanol–water partition coefficient (Wildman–Crippen LogP) is 6.09. The van der Waals surface area contributed by atoms with E-state index in [1.807, 2.05) is 12.1 Å². The van der Waals surface area contributed by atoms with E-state index < -0.39 is 0 Å². The minimum absolute atomic E-state index is 0.00930. The number of rotatable bonds is 21. The maximum atomic E-state index is 10.6. The van der Waals surface area contributed by atoms with Gasteiger partial charge in [-0.05, 0) is 108 Å². The number of phenols is 2. The zero-order valence-electron chi connectivity index (χ0n) is 30.6. The molecule has 4 N–H and O–H groups in total. The second-order valence-corrected chi connectivity index (χ2v) is 12.2. The lowest BCUT2D eigenvalue weighted by atomic mass is 9.80. The molecule has 0 aliphatic heterocycles. The number of benzene rings is 4. The number of phenolic OH excluding ortho intramolecular Hbond substituents is 2. The largest absolute Gasteiger partial charge is 0.504 e. The average Bonchev–Trinajstić information content (AvgIpc) is 3.17. The van der Waals surface area contributed by atoms with Crippen LogP contribution in [0.15, 0.2) is 60.7 Å². The average molecular weight is 723 g/mol. The summed E-state index contributed by atoms with van der Waals surface area (Å²) in [4.78, 5) is 0. The Morgan fingerprint density at radius 1 is 0.481 bits per heavy atom. The Labute approximate surface area is 305 Å². The van der Waals surface area contributed by atoms with Gasteiger partial charge in [-0.2, -0.15) is 0 Å². The Morgan fingerprint density at radius 2 is 0.865 bits per heavy atom. The van der Waals surface area contributed by atoms with Crippen molar-refractivity contribution in [2.75, 3.05) is 55.9 Å². The van der Waals surface area contributed by atoms with Gasteiger partial charge in [-0.15, -0.1) is 0 Å². The van der Waals surface area contributed by atoms with Crippen LogP contribution in [0.1, 0.15) is 35.1 Å². The van der Waals surface area contributed by atoms with Crippen molar-refractivity contribution in [2.24, 2.45) is 11.8 Å². The van der Waals surface area contributed by atoms with E-state index in [9.17, 15) is 20.4 Å². The molecule has 0 aliphatic carbocycles. The molecule has 0 fully saturated rings. The summed E-state index contributed by atoms with van der Waals surface area (Å²) >= 11 is 0. The Balaban J connectivity index is 1.49. The second-order valence-electron chi connectivity index (χ2n) is 12.2. The fourth-order valence-corrected chi connectivity index (χ4v) is 6.21. The molecule has 12 nitrogen and oxygen atoms in total. The molecule has 0 bridgehead atoms. The van der Waals surface area contributed by atoms with Gasteiger partial charge in [0.1, 0.15) is 13.2 Å². The first kappa shape index (κ1) is 39.6. The van der Waals surface area contributed by atoms with E-state index in [1.54, 1.807) is 48.5 Å². The first-order valence-electron chi connectivity index (χ1n) is 16.9. The third-order valence-corrected chi connectivity index (χ3v) is 8.92. The molecule has 4 aromatic carbocycles. The number of aromatic hydroxyl groups is 2. The number of hydrogen-bond donors (Lipinski definition) is 4. The van der Waals surface area contributed by atoms with Crippen LogP contribution in [0, 0.1) is 11.8 Å². The highest BCUT2D eigenvalue weighted by Gasteiger charge is 2.23. The van der Waals surface area contributed by atoms with Crippen molar-refractivity contribution in [2.45, 2.75) is 38.9 Å². The fourth-order valence-electron chi connectivity index (χ4n) is 6.21. The first-order valence-corrected chi connectivity index (χ1v) is 16.9. The third-order valence-electron chi connectivity index (χ3n) is 8.92. The van der Waals surface area contributed by atoms with Crippen molar-refractivity contribution in [3.8, 4) is 57.5 Å². The van der Waals surface area contributed by atoms with E-state index in [1.165, 1.54) is 42.7 Å². The van der Waals surface area contributed by atoms with Gasteiger partial charge in [-0.3, -0.25) is 0 Å².